The number of nitrogen functional groups attached to an aromatic ring is 1. The van der Waals surface area contributed by atoms with Crippen LogP contribution in [0.2, 0.25) is 0 Å². The molecule has 0 unspecified atom stereocenters. The van der Waals surface area contributed by atoms with E-state index >= 15 is 0 Å². The summed E-state index contributed by atoms with van der Waals surface area (Å²) >= 11 is 4.27. The molecule has 0 aliphatic carbocycles. The van der Waals surface area contributed by atoms with Gasteiger partial charge in [-0.15, -0.1) is 10.2 Å². The van der Waals surface area contributed by atoms with Crippen molar-refractivity contribution in [3.8, 4) is 0 Å². The maximum absolute atomic E-state index is 11.5. The molecule has 2 rings (SSSR count). The summed E-state index contributed by atoms with van der Waals surface area (Å²) in [4.78, 5) is 24.8. The fourth-order valence-corrected chi connectivity index (χ4v) is 2.12. The molecule has 0 bridgehead atoms. The van der Waals surface area contributed by atoms with Gasteiger partial charge in [0.05, 0.1) is 11.0 Å². The predicted octanol–water partition coefficient (Wildman–Crippen LogP) is -0.516. The monoisotopic (exact) mass is 318 g/mol. The zero-order valence-electron chi connectivity index (χ0n) is 8.31. The number of aromatic nitrogens is 4. The molecule has 0 fully saturated rings. The Balaban J connectivity index is 2.33. The highest BCUT2D eigenvalue weighted by Crippen LogP contribution is 2.14. The van der Waals surface area contributed by atoms with Gasteiger partial charge < -0.3 is 0 Å². The standard InChI is InChI=1S/C7H7BrN6O2S/c8-3-1-14(7(16)10-5(3)15)2-4-12-13-6(11-9)17-4/h1H,2,9H2,(H,11,13)(H,10,15,16). The number of aromatic amines is 1. The van der Waals surface area contributed by atoms with Crippen molar-refractivity contribution in [1.29, 1.82) is 0 Å². The second-order valence-corrected chi connectivity index (χ2v) is 4.93. The van der Waals surface area contributed by atoms with E-state index in [1.165, 1.54) is 22.1 Å². The molecule has 0 saturated heterocycles. The van der Waals surface area contributed by atoms with E-state index in [0.29, 0.717) is 10.1 Å². The molecule has 0 aliphatic heterocycles. The van der Waals surface area contributed by atoms with E-state index in [4.69, 9.17) is 5.84 Å². The van der Waals surface area contributed by atoms with E-state index in [1.54, 1.807) is 0 Å². The van der Waals surface area contributed by atoms with E-state index in [9.17, 15) is 9.59 Å². The number of hydrazine groups is 1. The van der Waals surface area contributed by atoms with Crippen molar-refractivity contribution < 1.29 is 0 Å². The van der Waals surface area contributed by atoms with Crippen LogP contribution >= 0.6 is 27.3 Å². The van der Waals surface area contributed by atoms with Gasteiger partial charge in [-0.05, 0) is 15.9 Å². The minimum absolute atomic E-state index is 0.216. The van der Waals surface area contributed by atoms with Gasteiger partial charge in [0.25, 0.3) is 5.56 Å². The van der Waals surface area contributed by atoms with Crippen molar-refractivity contribution in [2.45, 2.75) is 6.54 Å². The Morgan fingerprint density at radius 3 is 2.94 bits per heavy atom. The lowest BCUT2D eigenvalue weighted by Gasteiger charge is -2.01. The minimum Gasteiger partial charge on any atom is -0.298 e. The molecule has 0 radical (unpaired) electrons. The van der Waals surface area contributed by atoms with Gasteiger partial charge in [-0.3, -0.25) is 19.8 Å². The van der Waals surface area contributed by atoms with Gasteiger partial charge in [0.15, 0.2) is 0 Å². The predicted molar refractivity (Wildman–Crippen MR) is 65.8 cm³/mol. The van der Waals surface area contributed by atoms with Gasteiger partial charge >= 0.3 is 5.69 Å². The molecule has 0 aromatic carbocycles. The lowest BCUT2D eigenvalue weighted by atomic mass is 10.6. The highest BCUT2D eigenvalue weighted by atomic mass is 79.9. The number of anilines is 1. The first-order valence-corrected chi connectivity index (χ1v) is 5.99. The summed E-state index contributed by atoms with van der Waals surface area (Å²) in [5.41, 5.74) is 1.39. The Labute approximate surface area is 107 Å². The largest absolute Gasteiger partial charge is 0.328 e. The molecule has 0 atom stereocenters. The second kappa shape index (κ2) is 4.77. The van der Waals surface area contributed by atoms with Crippen LogP contribution in [0.25, 0.3) is 0 Å². The number of nitrogens with one attached hydrogen (secondary N) is 2. The Bertz CT molecular complexity index is 646. The van der Waals surface area contributed by atoms with E-state index in [1.807, 2.05) is 0 Å². The van der Waals surface area contributed by atoms with Crippen LogP contribution in [0, 0.1) is 0 Å². The summed E-state index contributed by atoms with van der Waals surface area (Å²) in [7, 11) is 0. The topological polar surface area (TPSA) is 119 Å². The van der Waals surface area contributed by atoms with Crippen LogP contribution in [-0.2, 0) is 6.54 Å². The molecule has 2 aromatic heterocycles. The molecule has 8 nitrogen and oxygen atoms in total. The Hall–Kier alpha value is -1.52. The number of nitrogens with zero attached hydrogens (tertiary/aromatic N) is 3. The van der Waals surface area contributed by atoms with Crippen LogP contribution in [0.4, 0.5) is 5.13 Å². The Morgan fingerprint density at radius 2 is 2.29 bits per heavy atom. The first-order valence-electron chi connectivity index (χ1n) is 4.38. The quantitative estimate of drug-likeness (QED) is 0.518. The molecule has 0 saturated carbocycles. The van der Waals surface area contributed by atoms with Crippen LogP contribution in [0.15, 0.2) is 20.3 Å². The second-order valence-electron chi connectivity index (χ2n) is 3.01. The fraction of sp³-hybridized carbons (Fsp3) is 0.143. The summed E-state index contributed by atoms with van der Waals surface area (Å²) in [5.74, 6) is 5.16. The van der Waals surface area contributed by atoms with Crippen molar-refractivity contribution >= 4 is 32.4 Å². The first kappa shape index (κ1) is 12.0. The average Bonchev–Trinajstić information content (AvgIpc) is 2.73. The average molecular weight is 319 g/mol. The van der Waals surface area contributed by atoms with E-state index in [-0.39, 0.29) is 11.0 Å². The maximum Gasteiger partial charge on any atom is 0.328 e. The number of halogens is 1. The van der Waals surface area contributed by atoms with Crippen LogP contribution in [0.3, 0.4) is 0 Å². The summed E-state index contributed by atoms with van der Waals surface area (Å²) in [6, 6.07) is 0. The van der Waals surface area contributed by atoms with Crippen molar-refractivity contribution in [3.63, 3.8) is 0 Å². The smallest absolute Gasteiger partial charge is 0.298 e. The van der Waals surface area contributed by atoms with Crippen molar-refractivity contribution in [2.24, 2.45) is 5.84 Å². The maximum atomic E-state index is 11.5. The van der Waals surface area contributed by atoms with Gasteiger partial charge in [-0.1, -0.05) is 11.3 Å². The van der Waals surface area contributed by atoms with Crippen LogP contribution in [0.5, 0.6) is 0 Å². The van der Waals surface area contributed by atoms with Crippen molar-refractivity contribution in [1.82, 2.24) is 19.7 Å². The van der Waals surface area contributed by atoms with E-state index < -0.39 is 11.2 Å². The molecular weight excluding hydrogens is 312 g/mol. The Kier molecular flexibility index (Phi) is 3.36. The summed E-state index contributed by atoms with van der Waals surface area (Å²) in [6.45, 7) is 0.216. The number of hydrogen-bond donors (Lipinski definition) is 3. The van der Waals surface area contributed by atoms with Gasteiger partial charge in [-0.2, -0.15) is 0 Å². The molecule has 0 aliphatic rings. The third-order valence-corrected chi connectivity index (χ3v) is 3.27. The zero-order valence-corrected chi connectivity index (χ0v) is 10.7. The number of H-pyrrole nitrogens is 1. The molecule has 0 spiro atoms. The number of nitrogens with two attached hydrogens (primary N) is 1. The molecule has 90 valence electrons. The van der Waals surface area contributed by atoms with Crippen LogP contribution < -0.4 is 22.5 Å². The van der Waals surface area contributed by atoms with Gasteiger partial charge in [0.2, 0.25) is 5.13 Å². The van der Waals surface area contributed by atoms with Gasteiger partial charge in [-0.25, -0.2) is 10.6 Å². The highest BCUT2D eigenvalue weighted by Gasteiger charge is 2.07. The SMILES string of the molecule is NNc1nnc(Cn2cc(Br)c(=O)[nH]c2=O)s1. The normalized spacial score (nSPS) is 10.5. The molecule has 4 N–H and O–H groups in total. The third-order valence-electron chi connectivity index (χ3n) is 1.86. The van der Waals surface area contributed by atoms with Crippen LogP contribution in [0.1, 0.15) is 5.01 Å². The van der Waals surface area contributed by atoms with E-state index in [0.717, 1.165) is 0 Å². The first-order chi connectivity index (χ1) is 8.10. The lowest BCUT2D eigenvalue weighted by molar-refractivity contribution is 0.705. The number of hydrogen-bond acceptors (Lipinski definition) is 7. The van der Waals surface area contributed by atoms with Crippen molar-refractivity contribution in [3.05, 3.63) is 36.5 Å². The molecule has 17 heavy (non-hydrogen) atoms. The molecule has 2 heterocycles. The van der Waals surface area contributed by atoms with Gasteiger partial charge in [0, 0.05) is 6.20 Å². The summed E-state index contributed by atoms with van der Waals surface area (Å²) in [6.07, 6.45) is 1.40. The summed E-state index contributed by atoms with van der Waals surface area (Å²) < 4.78 is 1.59. The van der Waals surface area contributed by atoms with Crippen molar-refractivity contribution in [2.75, 3.05) is 5.43 Å². The zero-order chi connectivity index (χ0) is 12.4. The highest BCUT2D eigenvalue weighted by molar-refractivity contribution is 9.10. The minimum atomic E-state index is -0.504. The molecule has 2 aromatic rings. The van der Waals surface area contributed by atoms with E-state index in [2.05, 4.69) is 36.5 Å². The van der Waals surface area contributed by atoms with Crippen LogP contribution in [-0.4, -0.2) is 19.7 Å². The number of rotatable bonds is 3. The molecule has 0 amide bonds. The Morgan fingerprint density at radius 1 is 1.53 bits per heavy atom. The lowest BCUT2D eigenvalue weighted by Crippen LogP contribution is -2.30. The van der Waals surface area contributed by atoms with Gasteiger partial charge in [0.1, 0.15) is 5.01 Å². The fourth-order valence-electron chi connectivity index (χ4n) is 1.12. The molecule has 10 heteroatoms. The molecular formula is C7H7BrN6O2S. The summed E-state index contributed by atoms with van der Waals surface area (Å²) in [5, 5.41) is 8.62. The third kappa shape index (κ3) is 2.60.